The SMILES string of the molecule is CC/C=C\C/C=C\C/C=C\C/C=C\C/C=C\CCCCCCCC(=O)OC(COC(=O)CCCCCCCCCCCC/C=C\C/C=C\C/C=C\C/C=C\CC)COP(=O)(O)OCC[N+](C)(C)C. The van der Waals surface area contributed by atoms with E-state index in [9.17, 15) is 19.0 Å². The van der Waals surface area contributed by atoms with Crippen molar-refractivity contribution in [3.05, 3.63) is 109 Å². The minimum absolute atomic E-state index is 0.0206. The molecule has 0 saturated carbocycles. The molecular weight excluding hydrogens is 870 g/mol. The Morgan fingerprint density at radius 3 is 1.18 bits per heavy atom. The normalized spacial score (nSPS) is 14.3. The maximum absolute atomic E-state index is 12.8. The topological polar surface area (TPSA) is 108 Å². The van der Waals surface area contributed by atoms with E-state index in [-0.39, 0.29) is 32.0 Å². The van der Waals surface area contributed by atoms with Gasteiger partial charge in [-0.25, -0.2) is 4.57 Å². The fourth-order valence-corrected chi connectivity index (χ4v) is 7.48. The molecule has 0 aromatic rings. The Balaban J connectivity index is 4.29. The Kier molecular flexibility index (Phi) is 46.3. The van der Waals surface area contributed by atoms with Crippen LogP contribution in [0.25, 0.3) is 0 Å². The molecule has 0 aliphatic rings. The van der Waals surface area contributed by atoms with Gasteiger partial charge in [-0.05, 0) is 96.3 Å². The third-order valence-corrected chi connectivity index (χ3v) is 11.8. The monoisotopic (exact) mass is 969 g/mol. The van der Waals surface area contributed by atoms with Crippen LogP contribution in [0.15, 0.2) is 109 Å². The number of unbranched alkanes of at least 4 members (excludes halogenated alkanes) is 15. The van der Waals surface area contributed by atoms with Gasteiger partial charge in [-0.1, -0.05) is 194 Å². The molecule has 9 nitrogen and oxygen atoms in total. The van der Waals surface area contributed by atoms with Crippen LogP contribution >= 0.6 is 7.82 Å². The molecule has 2 unspecified atom stereocenters. The van der Waals surface area contributed by atoms with Gasteiger partial charge in [0.15, 0.2) is 6.10 Å². The molecule has 0 radical (unpaired) electrons. The lowest BCUT2D eigenvalue weighted by Crippen LogP contribution is -2.37. The summed E-state index contributed by atoms with van der Waals surface area (Å²) in [6, 6.07) is 0. The predicted molar refractivity (Wildman–Crippen MR) is 288 cm³/mol. The van der Waals surface area contributed by atoms with Crippen LogP contribution in [0.5, 0.6) is 0 Å². The minimum Gasteiger partial charge on any atom is -0.462 e. The van der Waals surface area contributed by atoms with Crippen LogP contribution in [0.1, 0.15) is 194 Å². The summed E-state index contributed by atoms with van der Waals surface area (Å²) in [5.41, 5.74) is 0. The molecular formula is C58H99NO8P+. The van der Waals surface area contributed by atoms with Crippen molar-refractivity contribution < 1.29 is 42.1 Å². The zero-order chi connectivity index (χ0) is 49.9. The number of phosphoric ester groups is 1. The second-order valence-corrected chi connectivity index (χ2v) is 19.9. The number of ether oxygens (including phenoxy) is 2. The first-order valence-corrected chi connectivity index (χ1v) is 28.1. The number of allylic oxidation sites excluding steroid dienone is 18. The zero-order valence-electron chi connectivity index (χ0n) is 43.8. The summed E-state index contributed by atoms with van der Waals surface area (Å²) in [5.74, 6) is -0.832. The van der Waals surface area contributed by atoms with Gasteiger partial charge in [-0.2, -0.15) is 0 Å². The summed E-state index contributed by atoms with van der Waals surface area (Å²) in [6.07, 6.45) is 67.1. The van der Waals surface area contributed by atoms with Gasteiger partial charge in [0.05, 0.1) is 27.7 Å². The second-order valence-electron chi connectivity index (χ2n) is 18.5. The Bertz CT molecular complexity index is 1520. The van der Waals surface area contributed by atoms with Gasteiger partial charge in [-0.3, -0.25) is 18.6 Å². The van der Waals surface area contributed by atoms with E-state index in [2.05, 4.69) is 123 Å². The molecule has 0 aliphatic carbocycles. The average Bonchev–Trinajstić information content (AvgIpc) is 3.30. The van der Waals surface area contributed by atoms with Crippen molar-refractivity contribution in [1.29, 1.82) is 0 Å². The first-order chi connectivity index (χ1) is 33.0. The smallest absolute Gasteiger partial charge is 0.462 e. The molecule has 1 N–H and O–H groups in total. The van der Waals surface area contributed by atoms with E-state index >= 15 is 0 Å². The standard InChI is InChI=1S/C58H98NO8P/c1-6-8-10-12-14-16-18-20-22-24-26-28-29-31-32-34-36-38-40-42-44-46-48-50-57(60)64-54-56(55-66-68(62,63)65-53-52-59(3,4)5)67-58(61)51-49-47-45-43-41-39-37-35-33-30-27-25-23-21-19-17-15-13-11-9-7-2/h8-11,14-17,20-23,26-28,30,35,37,56H,6-7,12-13,18-19,24-25,29,31-34,36,38-55H2,1-5H3/p+1/b10-8-,11-9-,16-14-,17-15-,22-20-,23-21-,28-26-,30-27-,37-35-. The summed E-state index contributed by atoms with van der Waals surface area (Å²) in [5, 5.41) is 0. The minimum atomic E-state index is -4.40. The molecule has 0 bridgehead atoms. The second kappa shape index (κ2) is 48.7. The van der Waals surface area contributed by atoms with Crippen molar-refractivity contribution in [3.63, 3.8) is 0 Å². The lowest BCUT2D eigenvalue weighted by molar-refractivity contribution is -0.870. The Hall–Kier alpha value is -3.33. The number of quaternary nitrogens is 1. The number of likely N-dealkylation sites (N-methyl/N-ethyl adjacent to an activating group) is 1. The van der Waals surface area contributed by atoms with Gasteiger partial charge in [0, 0.05) is 12.8 Å². The highest BCUT2D eigenvalue weighted by Crippen LogP contribution is 2.43. The van der Waals surface area contributed by atoms with Gasteiger partial charge < -0.3 is 18.9 Å². The highest BCUT2D eigenvalue weighted by Gasteiger charge is 2.27. The van der Waals surface area contributed by atoms with Crippen LogP contribution in [0.3, 0.4) is 0 Å². The highest BCUT2D eigenvalue weighted by molar-refractivity contribution is 7.47. The number of hydrogen-bond acceptors (Lipinski definition) is 7. The maximum Gasteiger partial charge on any atom is 0.472 e. The van der Waals surface area contributed by atoms with Crippen molar-refractivity contribution >= 4 is 19.8 Å². The maximum atomic E-state index is 12.8. The number of carbonyl (C=O) groups is 2. The summed E-state index contributed by atoms with van der Waals surface area (Å²) in [4.78, 5) is 35.6. The fourth-order valence-electron chi connectivity index (χ4n) is 6.74. The van der Waals surface area contributed by atoms with Gasteiger partial charge >= 0.3 is 19.8 Å². The van der Waals surface area contributed by atoms with Crippen LogP contribution in [-0.2, 0) is 32.7 Å². The molecule has 0 spiro atoms. The molecule has 0 saturated heterocycles. The van der Waals surface area contributed by atoms with E-state index in [1.807, 2.05) is 21.1 Å². The molecule has 388 valence electrons. The Morgan fingerprint density at radius 2 is 0.794 bits per heavy atom. The highest BCUT2D eigenvalue weighted by atomic mass is 31.2. The molecule has 10 heteroatoms. The number of hydrogen-bond donors (Lipinski definition) is 1. The van der Waals surface area contributed by atoms with E-state index in [1.165, 1.54) is 38.5 Å². The van der Waals surface area contributed by atoms with Crippen LogP contribution in [0.4, 0.5) is 0 Å². The first kappa shape index (κ1) is 64.7. The summed E-state index contributed by atoms with van der Waals surface area (Å²) in [6.45, 7) is 4.16. The molecule has 0 heterocycles. The molecule has 68 heavy (non-hydrogen) atoms. The van der Waals surface area contributed by atoms with Crippen LogP contribution in [-0.4, -0.2) is 74.9 Å². The van der Waals surface area contributed by atoms with Crippen molar-refractivity contribution in [1.82, 2.24) is 0 Å². The van der Waals surface area contributed by atoms with Crippen LogP contribution < -0.4 is 0 Å². The lowest BCUT2D eigenvalue weighted by atomic mass is 10.1. The number of esters is 2. The molecule has 0 aromatic carbocycles. The molecule has 0 rings (SSSR count). The Morgan fingerprint density at radius 1 is 0.456 bits per heavy atom. The zero-order valence-corrected chi connectivity index (χ0v) is 44.7. The summed E-state index contributed by atoms with van der Waals surface area (Å²) >= 11 is 0. The summed E-state index contributed by atoms with van der Waals surface area (Å²) in [7, 11) is 1.44. The molecule has 2 atom stereocenters. The molecule has 0 aliphatic heterocycles. The van der Waals surface area contributed by atoms with E-state index < -0.39 is 26.5 Å². The third-order valence-electron chi connectivity index (χ3n) is 10.8. The average molecular weight is 969 g/mol. The van der Waals surface area contributed by atoms with Crippen molar-refractivity contribution in [2.75, 3.05) is 47.5 Å². The van der Waals surface area contributed by atoms with Crippen LogP contribution in [0.2, 0.25) is 0 Å². The number of rotatable bonds is 47. The third kappa shape index (κ3) is 52.0. The van der Waals surface area contributed by atoms with E-state index in [0.717, 1.165) is 122 Å². The molecule has 0 amide bonds. The number of phosphoric acid groups is 1. The van der Waals surface area contributed by atoms with Crippen molar-refractivity contribution in [2.45, 2.75) is 200 Å². The van der Waals surface area contributed by atoms with Gasteiger partial charge in [0.2, 0.25) is 0 Å². The van der Waals surface area contributed by atoms with E-state index in [1.54, 1.807) is 0 Å². The van der Waals surface area contributed by atoms with Crippen molar-refractivity contribution in [3.8, 4) is 0 Å². The molecule has 0 aromatic heterocycles. The van der Waals surface area contributed by atoms with Gasteiger partial charge in [0.1, 0.15) is 19.8 Å². The lowest BCUT2D eigenvalue weighted by Gasteiger charge is -2.24. The number of nitrogens with zero attached hydrogens (tertiary/aromatic N) is 1. The van der Waals surface area contributed by atoms with E-state index in [0.29, 0.717) is 17.4 Å². The largest absolute Gasteiger partial charge is 0.472 e. The van der Waals surface area contributed by atoms with Crippen LogP contribution in [0, 0.1) is 0 Å². The predicted octanol–water partition coefficient (Wildman–Crippen LogP) is 16.2. The first-order valence-electron chi connectivity index (χ1n) is 26.6. The quantitative estimate of drug-likeness (QED) is 0.0211. The van der Waals surface area contributed by atoms with Crippen molar-refractivity contribution in [2.24, 2.45) is 0 Å². The molecule has 0 fully saturated rings. The number of carbonyl (C=O) groups excluding carboxylic acids is 2. The Labute approximate surface area is 416 Å². The summed E-state index contributed by atoms with van der Waals surface area (Å²) < 4.78 is 34.5. The van der Waals surface area contributed by atoms with E-state index in [4.69, 9.17) is 18.5 Å². The van der Waals surface area contributed by atoms with Gasteiger partial charge in [-0.15, -0.1) is 0 Å². The fraction of sp³-hybridized carbons (Fsp3) is 0.655. The van der Waals surface area contributed by atoms with Gasteiger partial charge in [0.25, 0.3) is 0 Å².